The molecule has 3 heterocycles. The van der Waals surface area contributed by atoms with Gasteiger partial charge in [-0.3, -0.25) is 4.79 Å². The minimum atomic E-state index is -1.31. The summed E-state index contributed by atoms with van der Waals surface area (Å²) in [5.74, 6) is -1.34. The quantitative estimate of drug-likeness (QED) is 0.503. The number of hydrogen-bond acceptors (Lipinski definition) is 7. The fraction of sp³-hybridized carbons (Fsp3) is 0.826. The van der Waals surface area contributed by atoms with Gasteiger partial charge in [0.25, 0.3) is 5.91 Å². The summed E-state index contributed by atoms with van der Waals surface area (Å²) >= 11 is 1.43. The molecule has 12 heteroatoms. The number of aliphatic carboxylic acids is 1. The van der Waals surface area contributed by atoms with E-state index in [-0.39, 0.29) is 23.3 Å². The van der Waals surface area contributed by atoms with Crippen molar-refractivity contribution in [3.05, 3.63) is 0 Å². The number of piperidine rings is 1. The Hall–Kier alpha value is -1.95. The zero-order chi connectivity index (χ0) is 26.2. The molecule has 0 aromatic carbocycles. The zero-order valence-corrected chi connectivity index (χ0v) is 23.4. The van der Waals surface area contributed by atoms with Crippen LogP contribution in [0.5, 0.6) is 0 Å². The summed E-state index contributed by atoms with van der Waals surface area (Å²) in [6.07, 6.45) is 0.249. The Kier molecular flexibility index (Phi) is 8.05. The lowest BCUT2D eigenvalue weighted by molar-refractivity contribution is -0.149. The topological polar surface area (TPSA) is 125 Å². The normalized spacial score (nSPS) is 27.5. The highest BCUT2D eigenvalue weighted by Crippen LogP contribution is 2.47. The van der Waals surface area contributed by atoms with E-state index in [2.05, 4.69) is 25.0 Å². The lowest BCUT2D eigenvalue weighted by Crippen LogP contribution is -2.62. The van der Waals surface area contributed by atoms with Crippen LogP contribution in [0.15, 0.2) is 0 Å². The zero-order valence-electron chi connectivity index (χ0n) is 21.6. The number of rotatable bonds is 6. The van der Waals surface area contributed by atoms with E-state index in [4.69, 9.17) is 9.47 Å². The van der Waals surface area contributed by atoms with E-state index >= 15 is 0 Å². The van der Waals surface area contributed by atoms with Crippen LogP contribution in [-0.2, 0) is 19.1 Å². The summed E-state index contributed by atoms with van der Waals surface area (Å²) in [5.41, 5.74) is -2.01. The molecule has 10 nitrogen and oxygen atoms in total. The molecular formula is C23H39N3O7SSi. The smallest absolute Gasteiger partial charge is 0.409 e. The van der Waals surface area contributed by atoms with Gasteiger partial charge in [0.05, 0.1) is 12.0 Å². The number of carbonyl (C=O) groups is 4. The van der Waals surface area contributed by atoms with Crippen LogP contribution in [-0.4, -0.2) is 95.0 Å². The first kappa shape index (κ1) is 27.6. The van der Waals surface area contributed by atoms with Crippen LogP contribution in [0.4, 0.5) is 9.59 Å². The first-order valence-corrected chi connectivity index (χ1v) is 17.0. The van der Waals surface area contributed by atoms with E-state index in [0.717, 1.165) is 6.04 Å². The Labute approximate surface area is 212 Å². The van der Waals surface area contributed by atoms with Crippen molar-refractivity contribution in [3.8, 4) is 0 Å². The van der Waals surface area contributed by atoms with Gasteiger partial charge in [-0.05, 0) is 45.6 Å². The monoisotopic (exact) mass is 529 g/mol. The maximum atomic E-state index is 13.8. The highest BCUT2D eigenvalue weighted by molar-refractivity contribution is 8.00. The molecule has 2 N–H and O–H groups in total. The Bertz CT molecular complexity index is 851. The third-order valence-electron chi connectivity index (χ3n) is 6.74. The average Bonchev–Trinajstić information content (AvgIpc) is 3.24. The van der Waals surface area contributed by atoms with E-state index < -0.39 is 37.3 Å². The second kappa shape index (κ2) is 10.2. The number of thioether (sulfide) groups is 1. The molecule has 3 amide bonds. The summed E-state index contributed by atoms with van der Waals surface area (Å²) < 4.78 is 10.9. The maximum Gasteiger partial charge on any atom is 0.409 e. The van der Waals surface area contributed by atoms with Crippen molar-refractivity contribution in [1.29, 1.82) is 0 Å². The Morgan fingerprint density at radius 2 is 1.83 bits per heavy atom. The van der Waals surface area contributed by atoms with Gasteiger partial charge >= 0.3 is 18.2 Å². The molecule has 3 aliphatic heterocycles. The first-order chi connectivity index (χ1) is 16.1. The molecule has 0 aromatic rings. The molecule has 0 saturated carbocycles. The predicted molar refractivity (Wildman–Crippen MR) is 135 cm³/mol. The van der Waals surface area contributed by atoms with E-state index in [1.54, 1.807) is 25.7 Å². The Morgan fingerprint density at radius 3 is 2.37 bits per heavy atom. The molecule has 3 aliphatic rings. The van der Waals surface area contributed by atoms with Crippen LogP contribution in [0.2, 0.25) is 25.7 Å². The largest absolute Gasteiger partial charge is 0.480 e. The fourth-order valence-corrected chi connectivity index (χ4v) is 7.11. The number of carboxylic acid groups (broad SMARTS) is 1. The molecule has 3 rings (SSSR count). The fourth-order valence-electron chi connectivity index (χ4n) is 4.90. The molecule has 0 radical (unpaired) electrons. The third kappa shape index (κ3) is 6.44. The van der Waals surface area contributed by atoms with Crippen molar-refractivity contribution in [3.63, 3.8) is 0 Å². The Morgan fingerprint density at radius 1 is 1.20 bits per heavy atom. The molecule has 0 bridgehead atoms. The Balaban J connectivity index is 1.73. The first-order valence-electron chi connectivity index (χ1n) is 12.2. The highest BCUT2D eigenvalue weighted by atomic mass is 32.2. The van der Waals surface area contributed by atoms with Crippen molar-refractivity contribution < 1.29 is 33.8 Å². The lowest BCUT2D eigenvalue weighted by atomic mass is 9.76. The summed E-state index contributed by atoms with van der Waals surface area (Å²) in [5, 5.41) is 12.2. The van der Waals surface area contributed by atoms with Crippen LogP contribution in [0, 0.1) is 5.92 Å². The summed E-state index contributed by atoms with van der Waals surface area (Å²) in [6, 6.07) is -0.0204. The molecule has 3 saturated heterocycles. The number of alkyl carbamates (subject to hydrolysis) is 1. The van der Waals surface area contributed by atoms with Gasteiger partial charge in [-0.1, -0.05) is 19.6 Å². The third-order valence-corrected chi connectivity index (χ3v) is 9.73. The van der Waals surface area contributed by atoms with E-state index in [0.29, 0.717) is 44.7 Å². The van der Waals surface area contributed by atoms with Crippen LogP contribution in [0.1, 0.15) is 40.0 Å². The number of carbonyl (C=O) groups excluding carboxylic acids is 3. The number of hydrogen-bond donors (Lipinski definition) is 2. The molecule has 0 aliphatic carbocycles. The van der Waals surface area contributed by atoms with Crippen molar-refractivity contribution in [2.45, 2.75) is 88.3 Å². The number of carboxylic acids is 1. The van der Waals surface area contributed by atoms with Crippen molar-refractivity contribution >= 4 is 43.9 Å². The standard InChI is InChI=1S/C23H39N3O7SSi/c1-22(2,3)33-20(30)24-23(13-17-26(19(23)29)16(14-34-17)18(27)28)15-7-9-25(10-8-15)21(31)32-11-12-35(4,5)6/h15-17H,7-14H2,1-6H3,(H,24,30)(H,27,28)/t16-,17-,23-/m0/s1. The van der Waals surface area contributed by atoms with Crippen molar-refractivity contribution in [1.82, 2.24) is 15.1 Å². The second-order valence-electron chi connectivity index (χ2n) is 11.8. The van der Waals surface area contributed by atoms with Crippen molar-refractivity contribution in [2.75, 3.05) is 25.4 Å². The van der Waals surface area contributed by atoms with Crippen LogP contribution in [0.3, 0.4) is 0 Å². The van der Waals surface area contributed by atoms with Gasteiger partial charge in [0, 0.05) is 33.3 Å². The van der Waals surface area contributed by atoms with Crippen LogP contribution in [0.25, 0.3) is 0 Å². The minimum absolute atomic E-state index is 0.255. The van der Waals surface area contributed by atoms with Crippen molar-refractivity contribution in [2.24, 2.45) is 5.92 Å². The molecule has 3 atom stereocenters. The van der Waals surface area contributed by atoms with Gasteiger partial charge in [0.1, 0.15) is 17.2 Å². The highest BCUT2D eigenvalue weighted by Gasteiger charge is 2.62. The number of likely N-dealkylation sites (tertiary alicyclic amines) is 1. The van der Waals surface area contributed by atoms with E-state index in [1.165, 1.54) is 16.7 Å². The van der Waals surface area contributed by atoms with Gasteiger partial charge in [-0.25, -0.2) is 14.4 Å². The SMILES string of the molecule is CC(C)(C)OC(=O)N[C@]1(C2CCN(C(=O)OCC[Si](C)(C)C)CC2)C[C@@H]2SC[C@@H](C(=O)O)N2C1=O. The lowest BCUT2D eigenvalue weighted by Gasteiger charge is -2.41. The molecular weight excluding hydrogens is 490 g/mol. The van der Waals surface area contributed by atoms with E-state index in [9.17, 15) is 24.3 Å². The molecule has 3 fully saturated rings. The molecule has 0 aromatic heterocycles. The molecule has 35 heavy (non-hydrogen) atoms. The van der Waals surface area contributed by atoms with Gasteiger partial charge in [0.2, 0.25) is 0 Å². The number of nitrogens with zero attached hydrogens (tertiary/aromatic N) is 2. The average molecular weight is 530 g/mol. The molecule has 198 valence electrons. The minimum Gasteiger partial charge on any atom is -0.480 e. The summed E-state index contributed by atoms with van der Waals surface area (Å²) in [7, 11) is -1.31. The molecule has 0 spiro atoms. The van der Waals surface area contributed by atoms with Gasteiger partial charge < -0.3 is 29.7 Å². The number of nitrogens with one attached hydrogen (secondary N) is 1. The van der Waals surface area contributed by atoms with Gasteiger partial charge in [-0.2, -0.15) is 0 Å². The summed E-state index contributed by atoms with van der Waals surface area (Å²) in [4.78, 5) is 54.0. The number of amides is 3. The van der Waals surface area contributed by atoms with Gasteiger partial charge in [0.15, 0.2) is 0 Å². The molecule has 0 unspecified atom stereocenters. The maximum absolute atomic E-state index is 13.8. The predicted octanol–water partition coefficient (Wildman–Crippen LogP) is 3.20. The van der Waals surface area contributed by atoms with E-state index in [1.807, 2.05) is 0 Å². The number of ether oxygens (including phenoxy) is 2. The van der Waals surface area contributed by atoms with Crippen LogP contribution >= 0.6 is 11.8 Å². The number of fused-ring (bicyclic) bond motifs is 1. The second-order valence-corrected chi connectivity index (χ2v) is 18.7. The summed E-state index contributed by atoms with van der Waals surface area (Å²) in [6.45, 7) is 13.1. The van der Waals surface area contributed by atoms with Crippen LogP contribution < -0.4 is 5.32 Å². The van der Waals surface area contributed by atoms with Gasteiger partial charge in [-0.15, -0.1) is 11.8 Å².